The van der Waals surface area contributed by atoms with E-state index in [0.29, 0.717) is 17.9 Å². The van der Waals surface area contributed by atoms with E-state index >= 15 is 0 Å². The second-order valence-electron chi connectivity index (χ2n) is 4.87. The molecule has 6 heteroatoms. The Bertz CT molecular complexity index is 624. The van der Waals surface area contributed by atoms with Crippen LogP contribution in [0.3, 0.4) is 0 Å². The normalized spacial score (nSPS) is 11.9. The average molecular weight is 396 g/mol. The summed E-state index contributed by atoms with van der Waals surface area (Å²) in [7, 11) is 1.56. The first-order valence-corrected chi connectivity index (χ1v) is 11.1. The summed E-state index contributed by atoms with van der Waals surface area (Å²) in [5.41, 5.74) is 1.73. The molecule has 2 aromatic rings. The van der Waals surface area contributed by atoms with Crippen LogP contribution in [0, 0.1) is 0 Å². The topological polar surface area (TPSA) is 69.6 Å². The van der Waals surface area contributed by atoms with Gasteiger partial charge in [-0.15, -0.1) is 0 Å². The molecule has 1 atom stereocenters. The van der Waals surface area contributed by atoms with E-state index in [1.54, 1.807) is 10.2 Å². The van der Waals surface area contributed by atoms with Crippen LogP contribution in [0.4, 0.5) is 0 Å². The Morgan fingerprint density at radius 2 is 1.83 bits per heavy atom. The third-order valence-corrected chi connectivity index (χ3v) is 7.34. The van der Waals surface area contributed by atoms with Crippen molar-refractivity contribution in [1.29, 1.82) is 0 Å². The molecule has 2 rings (SSSR count). The molecule has 0 radical (unpaired) electrons. The number of aliphatic hydroxyl groups is 2. The zero-order chi connectivity index (χ0) is 16.5. The van der Waals surface area contributed by atoms with Crippen molar-refractivity contribution < 1.29 is 15.0 Å². The Hall–Kier alpha value is -1.30. The number of carbonyl (C=O) groups is 1. The maximum atomic E-state index is 12.4. The van der Waals surface area contributed by atoms with Crippen molar-refractivity contribution in [3.63, 3.8) is 0 Å². The summed E-state index contributed by atoms with van der Waals surface area (Å²) < 4.78 is 0.987. The standard InChI is InChI=1S/C17H19NO3SSe/c19-11-14(20)12-22-23-16-9-5-4-8-15(16)17(21)18-10-13-6-2-1-3-7-13/h1-9,14,19-20H,10-12H2,(H,18,21). The molecule has 23 heavy (non-hydrogen) atoms. The first-order chi connectivity index (χ1) is 11.2. The van der Waals surface area contributed by atoms with Crippen LogP contribution in [-0.4, -0.2) is 48.4 Å². The van der Waals surface area contributed by atoms with Crippen LogP contribution in [0.15, 0.2) is 54.6 Å². The van der Waals surface area contributed by atoms with E-state index in [1.807, 2.05) is 54.6 Å². The van der Waals surface area contributed by atoms with E-state index < -0.39 is 6.10 Å². The molecule has 0 bridgehead atoms. The number of hydrogen-bond donors (Lipinski definition) is 3. The first kappa shape index (κ1) is 18.0. The maximum absolute atomic E-state index is 12.4. The zero-order valence-corrected chi connectivity index (χ0v) is 15.0. The molecule has 3 N–H and O–H groups in total. The van der Waals surface area contributed by atoms with E-state index in [9.17, 15) is 9.90 Å². The molecule has 0 heterocycles. The van der Waals surface area contributed by atoms with E-state index in [4.69, 9.17) is 5.11 Å². The van der Waals surface area contributed by atoms with Gasteiger partial charge in [-0.05, 0) is 0 Å². The molecular formula is C17H19NO3SSe. The van der Waals surface area contributed by atoms with Gasteiger partial charge < -0.3 is 0 Å². The fourth-order valence-corrected chi connectivity index (χ4v) is 6.06. The predicted octanol–water partition coefficient (Wildman–Crippen LogP) is 0.948. The monoisotopic (exact) mass is 397 g/mol. The van der Waals surface area contributed by atoms with Gasteiger partial charge in [-0.25, -0.2) is 0 Å². The molecule has 0 fully saturated rings. The minimum absolute atomic E-state index is 0.0107. The summed E-state index contributed by atoms with van der Waals surface area (Å²) in [5.74, 6) is 0.380. The van der Waals surface area contributed by atoms with Crippen LogP contribution in [0.5, 0.6) is 0 Å². The average Bonchev–Trinajstić information content (AvgIpc) is 2.60. The van der Waals surface area contributed by atoms with Crippen molar-refractivity contribution in [3.05, 3.63) is 65.7 Å². The Balaban J connectivity index is 1.94. The van der Waals surface area contributed by atoms with E-state index in [0.717, 1.165) is 10.0 Å². The number of benzene rings is 2. The second kappa shape index (κ2) is 9.75. The molecule has 4 nitrogen and oxygen atoms in total. The number of hydrogen-bond acceptors (Lipinski definition) is 4. The second-order valence-corrected chi connectivity index (χ2v) is 9.06. The fourth-order valence-electron chi connectivity index (χ4n) is 1.83. The molecule has 0 aliphatic carbocycles. The van der Waals surface area contributed by atoms with Crippen LogP contribution in [0.25, 0.3) is 0 Å². The number of rotatable bonds is 8. The van der Waals surface area contributed by atoms with Gasteiger partial charge in [0.05, 0.1) is 0 Å². The molecule has 0 saturated carbocycles. The molecule has 1 unspecified atom stereocenters. The van der Waals surface area contributed by atoms with Crippen LogP contribution in [0.1, 0.15) is 15.9 Å². The van der Waals surface area contributed by atoms with Crippen LogP contribution in [0.2, 0.25) is 0 Å². The summed E-state index contributed by atoms with van der Waals surface area (Å²) in [6.07, 6.45) is -0.707. The van der Waals surface area contributed by atoms with Gasteiger partial charge in [-0.2, -0.15) is 0 Å². The first-order valence-electron chi connectivity index (χ1n) is 7.20. The number of carbonyl (C=O) groups excluding carboxylic acids is 1. The Morgan fingerprint density at radius 1 is 1.13 bits per heavy atom. The molecule has 0 spiro atoms. The van der Waals surface area contributed by atoms with Crippen molar-refractivity contribution in [2.75, 3.05) is 12.4 Å². The van der Waals surface area contributed by atoms with Gasteiger partial charge in [-0.1, -0.05) is 0 Å². The van der Waals surface area contributed by atoms with Gasteiger partial charge in [0.25, 0.3) is 0 Å². The van der Waals surface area contributed by atoms with Gasteiger partial charge in [0.2, 0.25) is 0 Å². The third kappa shape index (κ3) is 6.01. The molecule has 0 aliphatic rings. The summed E-state index contributed by atoms with van der Waals surface area (Å²) >= 11 is 0.0107. The number of nitrogens with one attached hydrogen (secondary N) is 1. The Labute approximate surface area is 145 Å². The van der Waals surface area contributed by atoms with Gasteiger partial charge in [0.1, 0.15) is 0 Å². The molecular weight excluding hydrogens is 377 g/mol. The summed E-state index contributed by atoms with van der Waals surface area (Å²) in [5, 5.41) is 21.2. The predicted molar refractivity (Wildman–Crippen MR) is 95.0 cm³/mol. The van der Waals surface area contributed by atoms with E-state index in [-0.39, 0.29) is 26.4 Å². The molecule has 2 aromatic carbocycles. The Kier molecular flexibility index (Phi) is 7.65. The Morgan fingerprint density at radius 3 is 2.57 bits per heavy atom. The number of aliphatic hydroxyl groups excluding tert-OH is 2. The zero-order valence-electron chi connectivity index (χ0n) is 12.5. The van der Waals surface area contributed by atoms with Crippen molar-refractivity contribution in [2.45, 2.75) is 12.6 Å². The minimum atomic E-state index is -0.707. The van der Waals surface area contributed by atoms with Crippen molar-refractivity contribution in [2.24, 2.45) is 0 Å². The van der Waals surface area contributed by atoms with Crippen LogP contribution in [-0.2, 0) is 6.54 Å². The summed E-state index contributed by atoms with van der Waals surface area (Å²) in [6, 6.07) is 17.3. The fraction of sp³-hybridized carbons (Fsp3) is 0.235. The third-order valence-electron chi connectivity index (χ3n) is 3.05. The van der Waals surface area contributed by atoms with Gasteiger partial charge in [0.15, 0.2) is 0 Å². The summed E-state index contributed by atoms with van der Waals surface area (Å²) in [6.45, 7) is 0.264. The SMILES string of the molecule is O=C(NCc1ccccc1)c1ccccc1[Se]SCC(O)CO. The van der Waals surface area contributed by atoms with Crippen molar-refractivity contribution in [3.8, 4) is 0 Å². The summed E-state index contributed by atoms with van der Waals surface area (Å²) in [4.78, 5) is 12.4. The van der Waals surface area contributed by atoms with Crippen molar-refractivity contribution >= 4 is 34.4 Å². The van der Waals surface area contributed by atoms with Crippen LogP contribution < -0.4 is 9.78 Å². The van der Waals surface area contributed by atoms with E-state index in [1.165, 1.54) is 0 Å². The van der Waals surface area contributed by atoms with Gasteiger partial charge in [-0.3, -0.25) is 0 Å². The molecule has 0 aliphatic heterocycles. The van der Waals surface area contributed by atoms with Crippen molar-refractivity contribution in [1.82, 2.24) is 5.32 Å². The van der Waals surface area contributed by atoms with Gasteiger partial charge in [0, 0.05) is 0 Å². The quantitative estimate of drug-likeness (QED) is 0.582. The molecule has 122 valence electrons. The molecule has 0 saturated heterocycles. The number of amides is 1. The molecule has 0 aromatic heterocycles. The molecule has 1 amide bonds. The van der Waals surface area contributed by atoms with Crippen LogP contribution >= 0.6 is 10.2 Å². The van der Waals surface area contributed by atoms with Gasteiger partial charge >= 0.3 is 145 Å². The van der Waals surface area contributed by atoms with E-state index in [2.05, 4.69) is 5.32 Å².